The van der Waals surface area contributed by atoms with Gasteiger partial charge in [0.2, 0.25) is 0 Å². The average molecular weight is 202 g/mol. The summed E-state index contributed by atoms with van der Waals surface area (Å²) in [4.78, 5) is 15.3. The lowest BCUT2D eigenvalue weighted by atomic mass is 10.4. The Morgan fingerprint density at radius 2 is 2.46 bits per heavy atom. The van der Waals surface area contributed by atoms with Gasteiger partial charge in [0.05, 0.1) is 0 Å². The summed E-state index contributed by atoms with van der Waals surface area (Å²) in [5.41, 5.74) is -0.139. The molecule has 0 bridgehead atoms. The molecule has 13 heavy (non-hydrogen) atoms. The monoisotopic (exact) mass is 201 g/mol. The zero-order valence-corrected chi connectivity index (χ0v) is 8.38. The van der Waals surface area contributed by atoms with E-state index >= 15 is 0 Å². The number of alkyl halides is 1. The fourth-order valence-corrected chi connectivity index (χ4v) is 0.946. The van der Waals surface area contributed by atoms with E-state index in [1.807, 2.05) is 6.92 Å². The molecule has 0 saturated heterocycles. The minimum atomic E-state index is -0.139. The van der Waals surface area contributed by atoms with Crippen LogP contribution >= 0.6 is 11.6 Å². The molecule has 0 saturated carbocycles. The van der Waals surface area contributed by atoms with E-state index in [2.05, 4.69) is 10.3 Å². The molecule has 4 nitrogen and oxygen atoms in total. The molecule has 0 fully saturated rings. The lowest BCUT2D eigenvalue weighted by molar-refractivity contribution is 0.820. The Kier molecular flexibility index (Phi) is 3.31. The van der Waals surface area contributed by atoms with Crippen LogP contribution in [0.15, 0.2) is 17.2 Å². The smallest absolute Gasteiger partial charge is 0.293 e. The van der Waals surface area contributed by atoms with E-state index in [4.69, 9.17) is 11.6 Å². The second-order valence-corrected chi connectivity index (χ2v) is 3.20. The van der Waals surface area contributed by atoms with Crippen molar-refractivity contribution in [3.05, 3.63) is 22.7 Å². The predicted octanol–water partition coefficient (Wildman–Crippen LogP) is 0.819. The van der Waals surface area contributed by atoms with E-state index in [-0.39, 0.29) is 11.6 Å². The molecular weight excluding hydrogens is 190 g/mol. The van der Waals surface area contributed by atoms with Crippen LogP contribution in [-0.4, -0.2) is 21.5 Å². The average Bonchev–Trinajstić information content (AvgIpc) is 2.13. The van der Waals surface area contributed by atoms with Crippen molar-refractivity contribution < 1.29 is 0 Å². The summed E-state index contributed by atoms with van der Waals surface area (Å²) in [7, 11) is 1.68. The van der Waals surface area contributed by atoms with Crippen molar-refractivity contribution >= 4 is 17.4 Å². The molecule has 0 amide bonds. The number of nitrogens with one attached hydrogen (secondary N) is 1. The minimum Gasteiger partial charge on any atom is -0.362 e. The third-order valence-electron chi connectivity index (χ3n) is 1.63. The maximum absolute atomic E-state index is 11.4. The number of nitrogens with zero attached hydrogens (tertiary/aromatic N) is 2. The van der Waals surface area contributed by atoms with Gasteiger partial charge in [0.25, 0.3) is 5.56 Å². The van der Waals surface area contributed by atoms with Crippen LogP contribution in [0.25, 0.3) is 0 Å². The van der Waals surface area contributed by atoms with Crippen LogP contribution in [0, 0.1) is 0 Å². The summed E-state index contributed by atoms with van der Waals surface area (Å²) in [6.07, 6.45) is 3.18. The van der Waals surface area contributed by atoms with Crippen molar-refractivity contribution in [1.29, 1.82) is 0 Å². The second-order valence-electron chi connectivity index (χ2n) is 2.89. The number of halogens is 1. The molecule has 0 aliphatic heterocycles. The molecule has 1 aromatic heterocycles. The number of aryl methyl sites for hydroxylation is 1. The molecule has 0 aliphatic rings. The van der Waals surface area contributed by atoms with Crippen molar-refractivity contribution in [1.82, 2.24) is 9.55 Å². The zero-order chi connectivity index (χ0) is 9.84. The largest absolute Gasteiger partial charge is 0.362 e. The molecule has 0 aliphatic carbocycles. The third-order valence-corrected chi connectivity index (χ3v) is 2.09. The molecule has 0 spiro atoms. The second kappa shape index (κ2) is 4.28. The quantitative estimate of drug-likeness (QED) is 0.737. The first-order chi connectivity index (χ1) is 6.15. The summed E-state index contributed by atoms with van der Waals surface area (Å²) in [5, 5.41) is 2.92. The van der Waals surface area contributed by atoms with E-state index in [0.29, 0.717) is 11.7 Å². The standard InChI is InChI=1S/C8H12ClN3O/c1-6(5-9)11-7-8(13)12(2)4-3-10-7/h3-4,6H,5H2,1-2H3,(H,10,11). The van der Waals surface area contributed by atoms with Gasteiger partial charge in [-0.15, -0.1) is 11.6 Å². The van der Waals surface area contributed by atoms with Gasteiger partial charge < -0.3 is 9.88 Å². The predicted molar refractivity (Wildman–Crippen MR) is 53.3 cm³/mol. The van der Waals surface area contributed by atoms with Crippen molar-refractivity contribution in [2.75, 3.05) is 11.2 Å². The van der Waals surface area contributed by atoms with E-state index in [1.54, 1.807) is 19.4 Å². The Morgan fingerprint density at radius 3 is 3.08 bits per heavy atom. The number of anilines is 1. The molecule has 1 aromatic rings. The summed E-state index contributed by atoms with van der Waals surface area (Å²) < 4.78 is 1.47. The van der Waals surface area contributed by atoms with E-state index in [0.717, 1.165) is 0 Å². The summed E-state index contributed by atoms with van der Waals surface area (Å²) in [6, 6.07) is 0.0456. The van der Waals surface area contributed by atoms with Crippen LogP contribution in [0.4, 0.5) is 5.82 Å². The molecule has 72 valence electrons. The Bertz CT molecular complexity index is 336. The van der Waals surface area contributed by atoms with E-state index < -0.39 is 0 Å². The Labute approximate surface area is 81.6 Å². The molecule has 0 aromatic carbocycles. The molecule has 1 N–H and O–H groups in total. The minimum absolute atomic E-state index is 0.0456. The summed E-state index contributed by atoms with van der Waals surface area (Å²) >= 11 is 5.59. The number of rotatable bonds is 3. The van der Waals surface area contributed by atoms with Crippen LogP contribution in [0.3, 0.4) is 0 Å². The van der Waals surface area contributed by atoms with Gasteiger partial charge in [-0.1, -0.05) is 0 Å². The first-order valence-corrected chi connectivity index (χ1v) is 4.52. The summed E-state index contributed by atoms with van der Waals surface area (Å²) in [5.74, 6) is 0.790. The highest BCUT2D eigenvalue weighted by Crippen LogP contribution is 1.97. The van der Waals surface area contributed by atoms with Gasteiger partial charge in [-0.2, -0.15) is 0 Å². The topological polar surface area (TPSA) is 46.9 Å². The molecule has 1 atom stereocenters. The number of aromatic nitrogens is 2. The van der Waals surface area contributed by atoms with E-state index in [9.17, 15) is 4.79 Å². The fourth-order valence-electron chi connectivity index (χ4n) is 0.869. The van der Waals surface area contributed by atoms with Crippen LogP contribution in [0.2, 0.25) is 0 Å². The van der Waals surface area contributed by atoms with E-state index in [1.165, 1.54) is 4.57 Å². The van der Waals surface area contributed by atoms with Gasteiger partial charge in [-0.05, 0) is 6.92 Å². The highest BCUT2D eigenvalue weighted by atomic mass is 35.5. The van der Waals surface area contributed by atoms with Gasteiger partial charge in [0, 0.05) is 31.4 Å². The maximum atomic E-state index is 11.4. The Balaban J connectivity index is 2.89. The van der Waals surface area contributed by atoms with Crippen molar-refractivity contribution in [2.24, 2.45) is 7.05 Å². The first kappa shape index (κ1) is 10.1. The maximum Gasteiger partial charge on any atom is 0.293 e. The molecule has 0 radical (unpaired) electrons. The van der Waals surface area contributed by atoms with Crippen LogP contribution in [0.1, 0.15) is 6.92 Å². The molecule has 1 heterocycles. The number of hydrogen-bond acceptors (Lipinski definition) is 3. The SMILES string of the molecule is CC(CCl)Nc1nccn(C)c1=O. The lowest BCUT2D eigenvalue weighted by Crippen LogP contribution is -2.27. The molecule has 1 unspecified atom stereocenters. The third kappa shape index (κ3) is 2.45. The van der Waals surface area contributed by atoms with Crippen LogP contribution in [0.5, 0.6) is 0 Å². The zero-order valence-electron chi connectivity index (χ0n) is 7.62. The van der Waals surface area contributed by atoms with Crippen molar-refractivity contribution in [3.63, 3.8) is 0 Å². The Morgan fingerprint density at radius 1 is 1.77 bits per heavy atom. The summed E-state index contributed by atoms with van der Waals surface area (Å²) in [6.45, 7) is 1.89. The molecule has 5 heteroatoms. The van der Waals surface area contributed by atoms with Gasteiger partial charge in [0.1, 0.15) is 0 Å². The Hall–Kier alpha value is -1.03. The first-order valence-electron chi connectivity index (χ1n) is 3.99. The molecule has 1 rings (SSSR count). The van der Waals surface area contributed by atoms with Crippen molar-refractivity contribution in [3.8, 4) is 0 Å². The van der Waals surface area contributed by atoms with Crippen molar-refractivity contribution in [2.45, 2.75) is 13.0 Å². The molecular formula is C8H12ClN3O. The van der Waals surface area contributed by atoms with Gasteiger partial charge in [0.15, 0.2) is 5.82 Å². The van der Waals surface area contributed by atoms with Gasteiger partial charge >= 0.3 is 0 Å². The highest BCUT2D eigenvalue weighted by molar-refractivity contribution is 6.18. The highest BCUT2D eigenvalue weighted by Gasteiger charge is 2.05. The van der Waals surface area contributed by atoms with Gasteiger partial charge in [-0.25, -0.2) is 4.98 Å². The van der Waals surface area contributed by atoms with Crippen LogP contribution < -0.4 is 10.9 Å². The lowest BCUT2D eigenvalue weighted by Gasteiger charge is -2.10. The fraction of sp³-hybridized carbons (Fsp3) is 0.500. The number of hydrogen-bond donors (Lipinski definition) is 1. The van der Waals surface area contributed by atoms with Gasteiger partial charge in [-0.3, -0.25) is 4.79 Å². The van der Waals surface area contributed by atoms with Crippen LogP contribution in [-0.2, 0) is 7.05 Å². The normalized spacial score (nSPS) is 12.5.